The largest absolute Gasteiger partial charge is 0.0622 e. The highest BCUT2D eigenvalue weighted by Gasteiger charge is 2.42. The smallest absolute Gasteiger partial charge is 0.00807 e. The lowest BCUT2D eigenvalue weighted by molar-refractivity contribution is 1.03. The molecule has 0 aromatic heterocycles. The van der Waals surface area contributed by atoms with Gasteiger partial charge in [-0.2, -0.15) is 0 Å². The van der Waals surface area contributed by atoms with Crippen LogP contribution in [0.15, 0.2) is 85.0 Å². The van der Waals surface area contributed by atoms with Crippen molar-refractivity contribution >= 4 is 11.1 Å². The van der Waals surface area contributed by atoms with Crippen molar-refractivity contribution in [2.45, 2.75) is 6.42 Å². The summed E-state index contributed by atoms with van der Waals surface area (Å²) in [5.41, 5.74) is 5.70. The highest BCUT2D eigenvalue weighted by atomic mass is 14.5. The minimum absolute atomic E-state index is 0.670. The molecule has 102 valence electrons. The van der Waals surface area contributed by atoms with Gasteiger partial charge in [0.15, 0.2) is 0 Å². The molecule has 2 aliphatic rings. The van der Waals surface area contributed by atoms with E-state index in [0.717, 1.165) is 0 Å². The van der Waals surface area contributed by atoms with Gasteiger partial charge in [-0.1, -0.05) is 85.0 Å². The Morgan fingerprint density at radius 1 is 0.571 bits per heavy atom. The summed E-state index contributed by atoms with van der Waals surface area (Å²) < 4.78 is 0. The minimum atomic E-state index is 0.670. The molecule has 0 aliphatic heterocycles. The van der Waals surface area contributed by atoms with Gasteiger partial charge in [0, 0.05) is 0 Å². The second-order valence-corrected chi connectivity index (χ2v) is 5.81. The molecule has 4 rings (SSSR count). The van der Waals surface area contributed by atoms with Crippen LogP contribution in [0.1, 0.15) is 17.5 Å². The van der Waals surface area contributed by atoms with E-state index >= 15 is 0 Å². The summed E-state index contributed by atoms with van der Waals surface area (Å²) in [4.78, 5) is 0. The lowest BCUT2D eigenvalue weighted by Crippen LogP contribution is -1.94. The van der Waals surface area contributed by atoms with E-state index in [1.807, 2.05) is 0 Å². The Morgan fingerprint density at radius 2 is 1.00 bits per heavy atom. The molecule has 2 aliphatic carbocycles. The van der Waals surface area contributed by atoms with Crippen LogP contribution in [0.5, 0.6) is 0 Å². The molecule has 0 amide bonds. The summed E-state index contributed by atoms with van der Waals surface area (Å²) in [6, 6.07) is 21.6. The standard InChI is InChI=1S/C21H18/c1-3-9-16(10-4-1)18-13-7-8-14-19(21-15-20(18)21)17-11-5-2-6-12-17/h1-14,20-21H,15H2/t20-,21+. The third kappa shape index (κ3) is 2.38. The predicted molar refractivity (Wildman–Crippen MR) is 89.6 cm³/mol. The van der Waals surface area contributed by atoms with E-state index in [1.165, 1.54) is 28.7 Å². The van der Waals surface area contributed by atoms with Crippen molar-refractivity contribution in [3.05, 3.63) is 96.1 Å². The number of fused-ring (bicyclic) bond motifs is 1. The maximum Gasteiger partial charge on any atom is -0.00807 e. The first-order chi connectivity index (χ1) is 10.4. The monoisotopic (exact) mass is 270 g/mol. The molecular weight excluding hydrogens is 252 g/mol. The van der Waals surface area contributed by atoms with Gasteiger partial charge in [-0.15, -0.1) is 0 Å². The van der Waals surface area contributed by atoms with Crippen molar-refractivity contribution in [2.75, 3.05) is 0 Å². The summed E-state index contributed by atoms with van der Waals surface area (Å²) in [5, 5.41) is 0. The maximum absolute atomic E-state index is 2.29. The van der Waals surface area contributed by atoms with Crippen molar-refractivity contribution in [3.8, 4) is 0 Å². The zero-order valence-electron chi connectivity index (χ0n) is 11.9. The maximum atomic E-state index is 2.29. The van der Waals surface area contributed by atoms with Gasteiger partial charge in [0.1, 0.15) is 0 Å². The molecule has 0 saturated heterocycles. The van der Waals surface area contributed by atoms with Crippen LogP contribution in [0, 0.1) is 11.8 Å². The van der Waals surface area contributed by atoms with E-state index in [-0.39, 0.29) is 0 Å². The SMILES string of the molecule is C1=CC=C(c2ccccc2)[C@@H]2C[C@@H]2C(c2ccccc2)=C1. The molecule has 1 saturated carbocycles. The third-order valence-corrected chi connectivity index (χ3v) is 4.47. The van der Waals surface area contributed by atoms with Gasteiger partial charge in [0.05, 0.1) is 0 Å². The molecule has 0 N–H and O–H groups in total. The highest BCUT2D eigenvalue weighted by molar-refractivity contribution is 5.80. The first kappa shape index (κ1) is 12.4. The van der Waals surface area contributed by atoms with Gasteiger partial charge in [0.2, 0.25) is 0 Å². The molecule has 0 nitrogen and oxygen atoms in total. The Hall–Kier alpha value is -2.34. The van der Waals surface area contributed by atoms with Crippen molar-refractivity contribution in [1.82, 2.24) is 0 Å². The van der Waals surface area contributed by atoms with Gasteiger partial charge in [0.25, 0.3) is 0 Å². The quantitative estimate of drug-likeness (QED) is 0.689. The predicted octanol–water partition coefficient (Wildman–Crippen LogP) is 5.36. The van der Waals surface area contributed by atoms with Crippen LogP contribution in [-0.4, -0.2) is 0 Å². The van der Waals surface area contributed by atoms with Gasteiger partial charge in [-0.3, -0.25) is 0 Å². The van der Waals surface area contributed by atoms with Crippen LogP contribution in [0.25, 0.3) is 11.1 Å². The molecule has 0 unspecified atom stereocenters. The highest BCUT2D eigenvalue weighted by Crippen LogP contribution is 2.55. The van der Waals surface area contributed by atoms with Gasteiger partial charge in [-0.05, 0) is 40.5 Å². The Bertz CT molecular complexity index is 654. The zero-order valence-corrected chi connectivity index (χ0v) is 11.9. The van der Waals surface area contributed by atoms with E-state index in [1.54, 1.807) is 0 Å². The molecule has 2 atom stereocenters. The second-order valence-electron chi connectivity index (χ2n) is 5.81. The lowest BCUT2D eigenvalue weighted by atomic mass is 9.93. The fraction of sp³-hybridized carbons (Fsp3) is 0.143. The van der Waals surface area contributed by atoms with E-state index in [0.29, 0.717) is 11.8 Å². The van der Waals surface area contributed by atoms with Gasteiger partial charge in [-0.25, -0.2) is 0 Å². The molecule has 2 aromatic carbocycles. The molecule has 1 fully saturated rings. The molecule has 2 aromatic rings. The summed E-state index contributed by atoms with van der Waals surface area (Å²) >= 11 is 0. The minimum Gasteiger partial charge on any atom is -0.0622 e. The Morgan fingerprint density at radius 3 is 1.43 bits per heavy atom. The van der Waals surface area contributed by atoms with Crippen LogP contribution in [0.2, 0.25) is 0 Å². The van der Waals surface area contributed by atoms with Crippen LogP contribution >= 0.6 is 0 Å². The van der Waals surface area contributed by atoms with Crippen LogP contribution < -0.4 is 0 Å². The fourth-order valence-corrected chi connectivity index (χ4v) is 3.33. The van der Waals surface area contributed by atoms with Crippen molar-refractivity contribution in [3.63, 3.8) is 0 Å². The number of rotatable bonds is 2. The summed E-state index contributed by atoms with van der Waals surface area (Å²) in [7, 11) is 0. The summed E-state index contributed by atoms with van der Waals surface area (Å²) in [6.07, 6.45) is 10.2. The second kappa shape index (κ2) is 5.21. The zero-order chi connectivity index (χ0) is 14.1. The molecule has 0 spiro atoms. The summed E-state index contributed by atoms with van der Waals surface area (Å²) in [6.45, 7) is 0. The number of benzene rings is 2. The molecule has 21 heavy (non-hydrogen) atoms. The summed E-state index contributed by atoms with van der Waals surface area (Å²) in [5.74, 6) is 1.34. The first-order valence-electron chi connectivity index (χ1n) is 7.63. The Labute approximate surface area is 126 Å². The topological polar surface area (TPSA) is 0 Å². The van der Waals surface area contributed by atoms with Gasteiger partial charge < -0.3 is 0 Å². The normalized spacial score (nSPS) is 23.4. The van der Waals surface area contributed by atoms with Crippen molar-refractivity contribution in [1.29, 1.82) is 0 Å². The average molecular weight is 270 g/mol. The van der Waals surface area contributed by atoms with E-state index in [2.05, 4.69) is 85.0 Å². The van der Waals surface area contributed by atoms with Crippen molar-refractivity contribution < 1.29 is 0 Å². The molecule has 0 heteroatoms. The fourth-order valence-electron chi connectivity index (χ4n) is 3.33. The molecule has 0 heterocycles. The molecule has 0 bridgehead atoms. The lowest BCUT2D eigenvalue weighted by Gasteiger charge is -2.12. The number of hydrogen-bond acceptors (Lipinski definition) is 0. The van der Waals surface area contributed by atoms with Crippen LogP contribution in [0.4, 0.5) is 0 Å². The van der Waals surface area contributed by atoms with E-state index in [9.17, 15) is 0 Å². The van der Waals surface area contributed by atoms with E-state index < -0.39 is 0 Å². The van der Waals surface area contributed by atoms with E-state index in [4.69, 9.17) is 0 Å². The van der Waals surface area contributed by atoms with Crippen molar-refractivity contribution in [2.24, 2.45) is 11.8 Å². The van der Waals surface area contributed by atoms with Crippen LogP contribution in [-0.2, 0) is 0 Å². The number of allylic oxidation sites excluding steroid dienone is 6. The first-order valence-corrected chi connectivity index (χ1v) is 7.63. The third-order valence-electron chi connectivity index (χ3n) is 4.47. The molecular formula is C21H18. The average Bonchev–Trinajstić information content (AvgIpc) is 3.29. The van der Waals surface area contributed by atoms with Crippen LogP contribution in [0.3, 0.4) is 0 Å². The Kier molecular flexibility index (Phi) is 3.08. The Balaban J connectivity index is 1.69. The molecule has 0 radical (unpaired) electrons. The number of hydrogen-bond donors (Lipinski definition) is 0. The van der Waals surface area contributed by atoms with Gasteiger partial charge >= 0.3 is 0 Å².